The zero-order chi connectivity index (χ0) is 17.8. The number of thiophene rings is 1. The van der Waals surface area contributed by atoms with Gasteiger partial charge in [-0.05, 0) is 42.1 Å². The molecule has 3 rings (SSSR count). The summed E-state index contributed by atoms with van der Waals surface area (Å²) in [5, 5.41) is 6.13. The van der Waals surface area contributed by atoms with Gasteiger partial charge in [0.25, 0.3) is 5.91 Å². The fourth-order valence-electron chi connectivity index (χ4n) is 2.13. The van der Waals surface area contributed by atoms with Crippen LogP contribution in [-0.4, -0.2) is 12.1 Å². The second kappa shape index (κ2) is 7.83. The van der Waals surface area contributed by atoms with Crippen molar-refractivity contribution in [2.75, 3.05) is 5.32 Å². The van der Waals surface area contributed by atoms with Gasteiger partial charge in [0.15, 0.2) is 0 Å². The Balaban J connectivity index is 1.77. The second-order valence-electron chi connectivity index (χ2n) is 5.39. The number of nitrogens with zero attached hydrogens (tertiary/aromatic N) is 1. The summed E-state index contributed by atoms with van der Waals surface area (Å²) in [6.45, 7) is 2.03. The number of amides is 1. The summed E-state index contributed by atoms with van der Waals surface area (Å²) in [5.74, 6) is -0.240. The quantitative estimate of drug-likeness (QED) is 0.518. The largest absolute Gasteiger partial charge is 0.322 e. The highest BCUT2D eigenvalue weighted by Gasteiger charge is 2.13. The Bertz CT molecular complexity index is 933. The number of carbonyl (C=O) groups is 1. The van der Waals surface area contributed by atoms with Crippen LogP contribution in [0, 0.1) is 6.92 Å². The van der Waals surface area contributed by atoms with Gasteiger partial charge in [-0.25, -0.2) is 4.99 Å². The maximum atomic E-state index is 12.5. The van der Waals surface area contributed by atoms with Crippen molar-refractivity contribution in [3.05, 3.63) is 80.6 Å². The molecule has 6 heteroatoms. The molecule has 25 heavy (non-hydrogen) atoms. The van der Waals surface area contributed by atoms with Crippen LogP contribution in [0.1, 0.15) is 21.5 Å². The van der Waals surface area contributed by atoms with Gasteiger partial charge in [-0.1, -0.05) is 53.0 Å². The summed E-state index contributed by atoms with van der Waals surface area (Å²) in [7, 11) is 0. The van der Waals surface area contributed by atoms with Gasteiger partial charge >= 0.3 is 0 Å². The third-order valence-electron chi connectivity index (χ3n) is 3.48. The van der Waals surface area contributed by atoms with Crippen LogP contribution in [0.25, 0.3) is 0 Å². The highest BCUT2D eigenvalue weighted by atomic mass is 35.5. The molecule has 0 saturated carbocycles. The number of nitrogens with one attached hydrogen (secondary N) is 1. The summed E-state index contributed by atoms with van der Waals surface area (Å²) >= 11 is 13.3. The molecule has 0 atom stereocenters. The zero-order valence-corrected chi connectivity index (χ0v) is 15.6. The van der Waals surface area contributed by atoms with E-state index < -0.39 is 0 Å². The van der Waals surface area contributed by atoms with E-state index in [1.54, 1.807) is 30.5 Å². The van der Waals surface area contributed by atoms with E-state index in [0.717, 1.165) is 5.56 Å². The molecular formula is C19H14Cl2N2OS. The van der Waals surface area contributed by atoms with E-state index in [9.17, 15) is 4.79 Å². The molecule has 3 nitrogen and oxygen atoms in total. The number of carbonyl (C=O) groups excluding carboxylic acids is 1. The Morgan fingerprint density at radius 1 is 1.08 bits per heavy atom. The van der Waals surface area contributed by atoms with E-state index in [4.69, 9.17) is 23.2 Å². The Hall–Kier alpha value is -2.14. The van der Waals surface area contributed by atoms with Crippen molar-refractivity contribution in [1.82, 2.24) is 0 Å². The highest BCUT2D eigenvalue weighted by molar-refractivity contribution is 7.14. The highest BCUT2D eigenvalue weighted by Crippen LogP contribution is 2.29. The van der Waals surface area contributed by atoms with E-state index in [-0.39, 0.29) is 5.91 Å². The van der Waals surface area contributed by atoms with Crippen LogP contribution < -0.4 is 5.32 Å². The lowest BCUT2D eigenvalue weighted by atomic mass is 10.2. The fourth-order valence-corrected chi connectivity index (χ4v) is 3.16. The van der Waals surface area contributed by atoms with Crippen LogP contribution in [-0.2, 0) is 0 Å². The van der Waals surface area contributed by atoms with Crippen molar-refractivity contribution in [3.63, 3.8) is 0 Å². The molecule has 2 aromatic carbocycles. The Labute approximate surface area is 159 Å². The van der Waals surface area contributed by atoms with Gasteiger partial charge in [0.2, 0.25) is 0 Å². The van der Waals surface area contributed by atoms with E-state index >= 15 is 0 Å². The molecule has 0 radical (unpaired) electrons. The molecule has 0 saturated heterocycles. The van der Waals surface area contributed by atoms with Gasteiger partial charge in [-0.2, -0.15) is 0 Å². The number of aliphatic imine (C=N–C) groups is 1. The number of hydrogen-bond donors (Lipinski definition) is 1. The second-order valence-corrected chi connectivity index (χ2v) is 7.10. The first kappa shape index (κ1) is 17.7. The van der Waals surface area contributed by atoms with Gasteiger partial charge in [0, 0.05) is 11.9 Å². The van der Waals surface area contributed by atoms with Crippen LogP contribution in [0.15, 0.2) is 58.9 Å². The number of hydrogen-bond acceptors (Lipinski definition) is 3. The smallest absolute Gasteiger partial charge is 0.258 e. The van der Waals surface area contributed by atoms with Crippen LogP contribution in [0.4, 0.5) is 10.7 Å². The lowest BCUT2D eigenvalue weighted by molar-refractivity contribution is 0.102. The average Bonchev–Trinajstić information content (AvgIpc) is 3.06. The molecule has 0 aliphatic rings. The van der Waals surface area contributed by atoms with Gasteiger partial charge < -0.3 is 5.32 Å². The van der Waals surface area contributed by atoms with Crippen LogP contribution in [0.3, 0.4) is 0 Å². The first-order valence-electron chi connectivity index (χ1n) is 7.47. The predicted molar refractivity (Wildman–Crippen MR) is 107 cm³/mol. The normalized spacial score (nSPS) is 11.0. The molecule has 0 aliphatic heterocycles. The Morgan fingerprint density at radius 3 is 2.56 bits per heavy atom. The van der Waals surface area contributed by atoms with E-state index in [1.165, 1.54) is 16.9 Å². The Morgan fingerprint density at radius 2 is 1.84 bits per heavy atom. The number of aryl methyl sites for hydroxylation is 1. The molecule has 1 aromatic heterocycles. The SMILES string of the molecule is Cc1ccc(C=Nc2sccc2C(=O)Nc2ccc(Cl)c(Cl)c2)cc1. The molecule has 3 aromatic rings. The van der Waals surface area contributed by atoms with Crippen molar-refractivity contribution >= 4 is 57.3 Å². The van der Waals surface area contributed by atoms with Crippen molar-refractivity contribution in [2.24, 2.45) is 4.99 Å². The summed E-state index contributed by atoms with van der Waals surface area (Å²) in [4.78, 5) is 16.9. The van der Waals surface area contributed by atoms with Crippen molar-refractivity contribution in [1.29, 1.82) is 0 Å². The topological polar surface area (TPSA) is 41.5 Å². The molecule has 126 valence electrons. The van der Waals surface area contributed by atoms with E-state index in [0.29, 0.717) is 26.3 Å². The molecular weight excluding hydrogens is 375 g/mol. The summed E-state index contributed by atoms with van der Waals surface area (Å²) in [6, 6.07) is 14.7. The van der Waals surface area contributed by atoms with Gasteiger partial charge in [-0.15, -0.1) is 11.3 Å². The molecule has 0 aliphatic carbocycles. The fraction of sp³-hybridized carbons (Fsp3) is 0.0526. The lowest BCUT2D eigenvalue weighted by Crippen LogP contribution is -2.11. The van der Waals surface area contributed by atoms with Crippen molar-refractivity contribution in [2.45, 2.75) is 6.92 Å². The lowest BCUT2D eigenvalue weighted by Gasteiger charge is -2.06. The average molecular weight is 389 g/mol. The first-order valence-corrected chi connectivity index (χ1v) is 9.11. The molecule has 0 spiro atoms. The summed E-state index contributed by atoms with van der Waals surface area (Å²) in [6.07, 6.45) is 1.75. The van der Waals surface area contributed by atoms with Crippen LogP contribution in [0.2, 0.25) is 10.0 Å². The number of rotatable bonds is 4. The summed E-state index contributed by atoms with van der Waals surface area (Å²) in [5.41, 5.74) is 3.27. The third kappa shape index (κ3) is 4.48. The minimum Gasteiger partial charge on any atom is -0.322 e. The molecule has 0 unspecified atom stereocenters. The van der Waals surface area contributed by atoms with Crippen LogP contribution >= 0.6 is 34.5 Å². The van der Waals surface area contributed by atoms with Gasteiger partial charge in [0.1, 0.15) is 5.00 Å². The minimum atomic E-state index is -0.240. The maximum Gasteiger partial charge on any atom is 0.258 e. The monoisotopic (exact) mass is 388 g/mol. The molecule has 1 N–H and O–H groups in total. The molecule has 1 amide bonds. The standard InChI is InChI=1S/C19H14Cl2N2OS/c1-12-2-4-13(5-3-12)11-22-19-15(8-9-25-19)18(24)23-14-6-7-16(20)17(21)10-14/h2-11H,1H3,(H,23,24). The third-order valence-corrected chi connectivity index (χ3v) is 5.03. The molecule has 1 heterocycles. The Kier molecular flexibility index (Phi) is 5.53. The summed E-state index contributed by atoms with van der Waals surface area (Å²) < 4.78 is 0. The zero-order valence-electron chi connectivity index (χ0n) is 13.3. The van der Waals surface area contributed by atoms with E-state index in [1.807, 2.05) is 36.6 Å². The number of halogens is 2. The predicted octanol–water partition coefficient (Wildman–Crippen LogP) is 6.37. The van der Waals surface area contributed by atoms with Crippen molar-refractivity contribution in [3.8, 4) is 0 Å². The first-order chi connectivity index (χ1) is 12.0. The minimum absolute atomic E-state index is 0.240. The van der Waals surface area contributed by atoms with E-state index in [2.05, 4.69) is 10.3 Å². The molecule has 0 fully saturated rings. The van der Waals surface area contributed by atoms with Gasteiger partial charge in [-0.3, -0.25) is 4.79 Å². The number of benzene rings is 2. The number of anilines is 1. The maximum absolute atomic E-state index is 12.5. The van der Waals surface area contributed by atoms with Crippen LogP contribution in [0.5, 0.6) is 0 Å². The van der Waals surface area contributed by atoms with Gasteiger partial charge in [0.05, 0.1) is 15.6 Å². The molecule has 0 bridgehead atoms. The van der Waals surface area contributed by atoms with Crippen molar-refractivity contribution < 1.29 is 4.79 Å².